The van der Waals surface area contributed by atoms with Crippen LogP contribution in [0.25, 0.3) is 5.69 Å². The van der Waals surface area contributed by atoms with Crippen molar-refractivity contribution in [2.24, 2.45) is 5.92 Å². The lowest BCUT2D eigenvalue weighted by Gasteiger charge is -2.29. The van der Waals surface area contributed by atoms with E-state index in [0.29, 0.717) is 48.9 Å². The van der Waals surface area contributed by atoms with Gasteiger partial charge in [-0.15, -0.1) is 0 Å². The summed E-state index contributed by atoms with van der Waals surface area (Å²) in [7, 11) is 0. The van der Waals surface area contributed by atoms with Gasteiger partial charge in [-0.3, -0.25) is 4.79 Å². The number of benzene rings is 2. The minimum Gasteiger partial charge on any atom is -0.493 e. The molecule has 1 aromatic heterocycles. The monoisotopic (exact) mass is 472 g/mol. The van der Waals surface area contributed by atoms with E-state index < -0.39 is 0 Å². The van der Waals surface area contributed by atoms with E-state index in [1.54, 1.807) is 31.5 Å². The largest absolute Gasteiger partial charge is 0.493 e. The Hall–Kier alpha value is -2.91. The molecule has 0 N–H and O–H groups in total. The molecule has 33 heavy (non-hydrogen) atoms. The number of aryl methyl sites for hydroxylation is 2. The van der Waals surface area contributed by atoms with Gasteiger partial charge in [0.25, 0.3) is 5.91 Å². The molecule has 2 aromatic carbocycles. The SMILES string of the molecule is Cc1ccc(-n2nccn2)c(C(=O)N2CC(COc3ccc(F)c(C)c3)COCC2C)c1.S. The molecule has 2 heterocycles. The van der Waals surface area contributed by atoms with Crippen molar-refractivity contribution in [2.75, 3.05) is 26.4 Å². The zero-order chi connectivity index (χ0) is 22.7. The third-order valence-electron chi connectivity index (χ3n) is 5.59. The van der Waals surface area contributed by atoms with Crippen molar-refractivity contribution in [3.63, 3.8) is 0 Å². The zero-order valence-electron chi connectivity index (χ0n) is 19.0. The van der Waals surface area contributed by atoms with Gasteiger partial charge in [0.1, 0.15) is 11.6 Å². The second-order valence-electron chi connectivity index (χ2n) is 8.27. The third kappa shape index (κ3) is 5.72. The first-order valence-electron chi connectivity index (χ1n) is 10.7. The molecule has 0 spiro atoms. The van der Waals surface area contributed by atoms with Crippen molar-refractivity contribution in [3.8, 4) is 11.4 Å². The van der Waals surface area contributed by atoms with E-state index in [4.69, 9.17) is 9.47 Å². The van der Waals surface area contributed by atoms with Crippen LogP contribution in [0.2, 0.25) is 0 Å². The Balaban J connectivity index is 0.00000306. The topological polar surface area (TPSA) is 69.5 Å². The molecule has 1 aliphatic heterocycles. The van der Waals surface area contributed by atoms with Crippen LogP contribution in [-0.2, 0) is 4.74 Å². The summed E-state index contributed by atoms with van der Waals surface area (Å²) in [4.78, 5) is 16.9. The molecule has 1 fully saturated rings. The average molecular weight is 473 g/mol. The summed E-state index contributed by atoms with van der Waals surface area (Å²) in [6.45, 7) is 7.41. The minimum atomic E-state index is -0.263. The summed E-state index contributed by atoms with van der Waals surface area (Å²) < 4.78 is 25.3. The van der Waals surface area contributed by atoms with Gasteiger partial charge in [-0.1, -0.05) is 11.6 Å². The molecule has 176 valence electrons. The Kier molecular flexibility index (Phi) is 8.10. The van der Waals surface area contributed by atoms with Gasteiger partial charge in [0, 0.05) is 12.5 Å². The molecule has 1 aliphatic rings. The van der Waals surface area contributed by atoms with Gasteiger partial charge < -0.3 is 14.4 Å². The third-order valence-corrected chi connectivity index (χ3v) is 5.59. The van der Waals surface area contributed by atoms with Crippen LogP contribution in [-0.4, -0.2) is 58.2 Å². The lowest BCUT2D eigenvalue weighted by molar-refractivity contribution is 0.0632. The van der Waals surface area contributed by atoms with Crippen molar-refractivity contribution in [2.45, 2.75) is 26.8 Å². The molecule has 1 amide bonds. The van der Waals surface area contributed by atoms with Crippen LogP contribution >= 0.6 is 13.5 Å². The molecular weight excluding hydrogens is 443 g/mol. The fourth-order valence-corrected chi connectivity index (χ4v) is 3.80. The van der Waals surface area contributed by atoms with Crippen molar-refractivity contribution in [3.05, 3.63) is 71.3 Å². The van der Waals surface area contributed by atoms with Crippen LogP contribution in [0.3, 0.4) is 0 Å². The number of carbonyl (C=O) groups is 1. The van der Waals surface area contributed by atoms with E-state index in [1.807, 2.05) is 36.9 Å². The first-order valence-corrected chi connectivity index (χ1v) is 10.7. The van der Waals surface area contributed by atoms with E-state index in [-0.39, 0.29) is 37.2 Å². The number of halogens is 1. The van der Waals surface area contributed by atoms with Gasteiger partial charge in [-0.25, -0.2) is 4.39 Å². The summed E-state index contributed by atoms with van der Waals surface area (Å²) >= 11 is 0. The quantitative estimate of drug-likeness (QED) is 0.567. The van der Waals surface area contributed by atoms with Crippen LogP contribution in [0.4, 0.5) is 4.39 Å². The number of carbonyl (C=O) groups excluding carboxylic acids is 1. The number of hydrogen-bond acceptors (Lipinski definition) is 5. The highest BCUT2D eigenvalue weighted by Gasteiger charge is 2.30. The molecule has 7 nitrogen and oxygen atoms in total. The van der Waals surface area contributed by atoms with E-state index >= 15 is 0 Å². The number of ether oxygens (including phenoxy) is 2. The van der Waals surface area contributed by atoms with E-state index in [2.05, 4.69) is 10.2 Å². The normalized spacial score (nSPS) is 18.4. The van der Waals surface area contributed by atoms with Gasteiger partial charge in [-0.05, 0) is 56.7 Å². The number of nitrogens with zero attached hydrogens (tertiary/aromatic N) is 4. The van der Waals surface area contributed by atoms with Gasteiger partial charge in [0.15, 0.2) is 0 Å². The molecule has 4 rings (SSSR count). The Morgan fingerprint density at radius 2 is 1.91 bits per heavy atom. The Morgan fingerprint density at radius 3 is 2.64 bits per heavy atom. The van der Waals surface area contributed by atoms with Crippen LogP contribution in [0.5, 0.6) is 5.75 Å². The molecule has 0 aliphatic carbocycles. The molecule has 2 unspecified atom stereocenters. The second kappa shape index (κ2) is 10.8. The highest BCUT2D eigenvalue weighted by atomic mass is 32.1. The summed E-state index contributed by atoms with van der Waals surface area (Å²) in [6.07, 6.45) is 3.17. The first-order chi connectivity index (χ1) is 15.4. The molecule has 2 atom stereocenters. The maximum absolute atomic E-state index is 13.7. The summed E-state index contributed by atoms with van der Waals surface area (Å²) in [5, 5.41) is 8.39. The number of rotatable bonds is 5. The Labute approximate surface area is 199 Å². The number of amides is 1. The van der Waals surface area contributed by atoms with Crippen molar-refractivity contribution >= 4 is 19.4 Å². The highest BCUT2D eigenvalue weighted by molar-refractivity contribution is 7.59. The van der Waals surface area contributed by atoms with E-state index in [1.165, 1.54) is 10.9 Å². The van der Waals surface area contributed by atoms with E-state index in [0.717, 1.165) is 5.56 Å². The molecule has 0 radical (unpaired) electrons. The summed E-state index contributed by atoms with van der Waals surface area (Å²) in [5.74, 6) is 0.221. The predicted octanol–water partition coefficient (Wildman–Crippen LogP) is 3.69. The average Bonchev–Trinajstić information content (AvgIpc) is 3.24. The Bertz CT molecular complexity index is 1090. The van der Waals surface area contributed by atoms with Crippen LogP contribution in [0.1, 0.15) is 28.4 Å². The lowest BCUT2D eigenvalue weighted by Crippen LogP contribution is -2.43. The van der Waals surface area contributed by atoms with Gasteiger partial charge in [0.05, 0.1) is 49.5 Å². The highest BCUT2D eigenvalue weighted by Crippen LogP contribution is 2.22. The molecule has 9 heteroatoms. The molecule has 3 aromatic rings. The van der Waals surface area contributed by atoms with E-state index in [9.17, 15) is 9.18 Å². The molecule has 0 saturated carbocycles. The fraction of sp³-hybridized carbons (Fsp3) is 0.375. The van der Waals surface area contributed by atoms with Crippen molar-refractivity contribution in [1.82, 2.24) is 19.9 Å². The maximum Gasteiger partial charge on any atom is 0.256 e. The fourth-order valence-electron chi connectivity index (χ4n) is 3.80. The Morgan fingerprint density at radius 1 is 1.15 bits per heavy atom. The second-order valence-corrected chi connectivity index (χ2v) is 8.27. The van der Waals surface area contributed by atoms with Gasteiger partial charge in [0.2, 0.25) is 0 Å². The molecule has 1 saturated heterocycles. The van der Waals surface area contributed by atoms with Crippen LogP contribution in [0, 0.1) is 25.6 Å². The van der Waals surface area contributed by atoms with Crippen LogP contribution < -0.4 is 4.74 Å². The smallest absolute Gasteiger partial charge is 0.256 e. The van der Waals surface area contributed by atoms with Gasteiger partial charge >= 0.3 is 0 Å². The maximum atomic E-state index is 13.7. The van der Waals surface area contributed by atoms with Crippen LogP contribution in [0.15, 0.2) is 48.8 Å². The summed E-state index contributed by atoms with van der Waals surface area (Å²) in [5.41, 5.74) is 2.69. The minimum absolute atomic E-state index is 0. The summed E-state index contributed by atoms with van der Waals surface area (Å²) in [6, 6.07) is 10.3. The van der Waals surface area contributed by atoms with Crippen molar-refractivity contribution < 1.29 is 18.7 Å². The van der Waals surface area contributed by atoms with Gasteiger partial charge in [-0.2, -0.15) is 28.5 Å². The standard InChI is InChI=1S/C24H27FN4O3.H2S/c1-16-4-7-23(29-26-8-9-27-29)21(10-16)24(30)28-12-19(14-31-13-18(28)3)15-32-20-5-6-22(25)17(2)11-20;/h4-11,18-19H,12-15H2,1-3H3;1H2. The van der Waals surface area contributed by atoms with Crippen molar-refractivity contribution in [1.29, 1.82) is 0 Å². The lowest BCUT2D eigenvalue weighted by atomic mass is 10.1. The number of hydrogen-bond donors (Lipinski definition) is 0. The molecule has 0 bridgehead atoms. The first kappa shape index (κ1) is 24.7. The number of aromatic nitrogens is 3. The predicted molar refractivity (Wildman–Crippen MR) is 128 cm³/mol. The zero-order valence-corrected chi connectivity index (χ0v) is 20.0. The molecular formula is C24H29FN4O3S.